The first-order valence-corrected chi connectivity index (χ1v) is 8.81. The molecule has 27 heavy (non-hydrogen) atoms. The molecule has 0 spiro atoms. The number of benzene rings is 2. The van der Waals surface area contributed by atoms with Crippen LogP contribution >= 0.6 is 0 Å². The molecular formula is C21H22N2O4. The van der Waals surface area contributed by atoms with E-state index in [2.05, 4.69) is 5.43 Å². The minimum Gasteiger partial charge on any atom is -0.493 e. The highest BCUT2D eigenvalue weighted by molar-refractivity contribution is 6.31. The lowest BCUT2D eigenvalue weighted by atomic mass is 10.1. The van der Waals surface area contributed by atoms with Gasteiger partial charge in [0.05, 0.1) is 18.9 Å². The molecule has 3 rings (SSSR count). The normalized spacial score (nSPS) is 16.4. The smallest absolute Gasteiger partial charge is 0.282 e. The Balaban J connectivity index is 1.99. The molecule has 2 aromatic rings. The quantitative estimate of drug-likeness (QED) is 0.629. The minimum atomic E-state index is -0.457. The average molecular weight is 366 g/mol. The van der Waals surface area contributed by atoms with Gasteiger partial charge >= 0.3 is 0 Å². The molecule has 0 radical (unpaired) electrons. The van der Waals surface area contributed by atoms with Gasteiger partial charge in [-0.25, -0.2) is 5.01 Å². The summed E-state index contributed by atoms with van der Waals surface area (Å²) in [4.78, 5) is 25.2. The summed E-state index contributed by atoms with van der Waals surface area (Å²) in [5, 5.41) is 1.24. The first-order valence-electron chi connectivity index (χ1n) is 8.81. The molecule has 140 valence electrons. The zero-order valence-corrected chi connectivity index (χ0v) is 15.6. The molecule has 1 saturated heterocycles. The van der Waals surface area contributed by atoms with Gasteiger partial charge in [-0.15, -0.1) is 0 Å². The first kappa shape index (κ1) is 18.5. The van der Waals surface area contributed by atoms with Crippen molar-refractivity contribution in [1.82, 2.24) is 5.43 Å². The molecule has 0 bridgehead atoms. The van der Waals surface area contributed by atoms with E-state index in [4.69, 9.17) is 9.47 Å². The summed E-state index contributed by atoms with van der Waals surface area (Å²) in [6.07, 6.45) is 2.32. The van der Waals surface area contributed by atoms with Crippen LogP contribution in [-0.4, -0.2) is 25.0 Å². The highest BCUT2D eigenvalue weighted by Gasteiger charge is 2.34. The van der Waals surface area contributed by atoms with Gasteiger partial charge in [0, 0.05) is 5.56 Å². The zero-order valence-electron chi connectivity index (χ0n) is 15.6. The van der Waals surface area contributed by atoms with Gasteiger partial charge in [0.1, 0.15) is 5.57 Å². The van der Waals surface area contributed by atoms with Crippen LogP contribution in [0.1, 0.15) is 25.8 Å². The molecule has 0 unspecified atom stereocenters. The molecule has 0 saturated carbocycles. The third-order valence-corrected chi connectivity index (χ3v) is 4.33. The van der Waals surface area contributed by atoms with Crippen LogP contribution in [0.25, 0.3) is 6.08 Å². The SMILES string of the molecule is CC[C@H](C)Oc1c(/C=C2/C(=O)NN(c3ccccc3)C2=O)cccc1OC. The standard InChI is InChI=1S/C21H22N2O4/c1-4-14(2)27-19-15(9-8-12-18(19)26-3)13-17-20(24)22-23(21(17)25)16-10-6-5-7-11-16/h5-14H,4H2,1-3H3,(H,22,24)/b17-13-/t14-/m0/s1. The van der Waals surface area contributed by atoms with E-state index in [0.717, 1.165) is 6.42 Å². The molecule has 0 aliphatic carbocycles. The number of hydrogen-bond acceptors (Lipinski definition) is 4. The Bertz CT molecular complexity index is 877. The van der Waals surface area contributed by atoms with Crippen LogP contribution in [0.15, 0.2) is 54.1 Å². The predicted molar refractivity (Wildman–Crippen MR) is 103 cm³/mol. The van der Waals surface area contributed by atoms with E-state index in [1.54, 1.807) is 55.7 Å². The molecule has 1 heterocycles. The van der Waals surface area contributed by atoms with E-state index >= 15 is 0 Å². The van der Waals surface area contributed by atoms with Crippen molar-refractivity contribution < 1.29 is 19.1 Å². The van der Waals surface area contributed by atoms with Crippen molar-refractivity contribution in [3.63, 3.8) is 0 Å². The van der Waals surface area contributed by atoms with E-state index in [1.165, 1.54) is 5.01 Å². The van der Waals surface area contributed by atoms with Crippen molar-refractivity contribution in [2.45, 2.75) is 26.4 Å². The number of hydrazine groups is 1. The Hall–Kier alpha value is -3.28. The van der Waals surface area contributed by atoms with E-state index in [1.807, 2.05) is 19.9 Å². The molecule has 6 heteroatoms. The molecule has 1 fully saturated rings. The first-order chi connectivity index (χ1) is 13.0. The number of rotatable bonds is 6. The number of methoxy groups -OCH3 is 1. The van der Waals surface area contributed by atoms with Crippen molar-refractivity contribution in [3.05, 3.63) is 59.7 Å². The lowest BCUT2D eigenvalue weighted by Gasteiger charge is -2.17. The summed E-state index contributed by atoms with van der Waals surface area (Å²) in [5.41, 5.74) is 3.85. The van der Waals surface area contributed by atoms with Crippen molar-refractivity contribution >= 4 is 23.6 Å². The number of para-hydroxylation sites is 2. The highest BCUT2D eigenvalue weighted by atomic mass is 16.5. The Morgan fingerprint density at radius 2 is 1.85 bits per heavy atom. The molecule has 2 aromatic carbocycles. The summed E-state index contributed by atoms with van der Waals surface area (Å²) in [5.74, 6) is 0.195. The molecule has 2 amide bonds. The second-order valence-electron chi connectivity index (χ2n) is 6.19. The number of carbonyl (C=O) groups is 2. The van der Waals surface area contributed by atoms with Gasteiger partial charge in [-0.3, -0.25) is 15.0 Å². The summed E-state index contributed by atoms with van der Waals surface area (Å²) >= 11 is 0. The van der Waals surface area contributed by atoms with Gasteiger partial charge in [0.2, 0.25) is 0 Å². The van der Waals surface area contributed by atoms with E-state index < -0.39 is 11.8 Å². The fraction of sp³-hybridized carbons (Fsp3) is 0.238. The minimum absolute atomic E-state index is 0.0348. The Morgan fingerprint density at radius 1 is 1.11 bits per heavy atom. The van der Waals surface area contributed by atoms with Gasteiger partial charge in [-0.2, -0.15) is 0 Å². The lowest BCUT2D eigenvalue weighted by Crippen LogP contribution is -2.35. The van der Waals surface area contributed by atoms with Crippen LogP contribution in [0.5, 0.6) is 11.5 Å². The molecule has 1 atom stereocenters. The van der Waals surface area contributed by atoms with Crippen LogP contribution in [0.4, 0.5) is 5.69 Å². The van der Waals surface area contributed by atoms with Crippen LogP contribution < -0.4 is 19.9 Å². The van der Waals surface area contributed by atoms with Gasteiger partial charge in [0.15, 0.2) is 11.5 Å². The largest absolute Gasteiger partial charge is 0.493 e. The molecule has 0 aromatic heterocycles. The number of nitrogens with zero attached hydrogens (tertiary/aromatic N) is 1. The van der Waals surface area contributed by atoms with Gasteiger partial charge in [-0.1, -0.05) is 37.3 Å². The molecule has 6 nitrogen and oxygen atoms in total. The van der Waals surface area contributed by atoms with Gasteiger partial charge in [-0.05, 0) is 37.6 Å². The highest BCUT2D eigenvalue weighted by Crippen LogP contribution is 2.34. The second kappa shape index (κ2) is 7.95. The average Bonchev–Trinajstić information content (AvgIpc) is 2.97. The van der Waals surface area contributed by atoms with E-state index in [0.29, 0.717) is 22.7 Å². The van der Waals surface area contributed by atoms with Crippen molar-refractivity contribution in [2.24, 2.45) is 0 Å². The summed E-state index contributed by atoms with van der Waals surface area (Å²) in [7, 11) is 1.56. The number of hydrogen-bond donors (Lipinski definition) is 1. The third kappa shape index (κ3) is 3.79. The Labute approximate surface area is 158 Å². The molecule has 1 aliphatic heterocycles. The maximum absolute atomic E-state index is 12.8. The second-order valence-corrected chi connectivity index (χ2v) is 6.19. The van der Waals surface area contributed by atoms with Gasteiger partial charge in [0.25, 0.3) is 11.8 Å². The topological polar surface area (TPSA) is 67.9 Å². The summed E-state index contributed by atoms with van der Waals surface area (Å²) in [6.45, 7) is 3.97. The van der Waals surface area contributed by atoms with E-state index in [-0.39, 0.29) is 11.7 Å². The van der Waals surface area contributed by atoms with Crippen LogP contribution in [-0.2, 0) is 9.59 Å². The van der Waals surface area contributed by atoms with Crippen molar-refractivity contribution in [3.8, 4) is 11.5 Å². The fourth-order valence-electron chi connectivity index (χ4n) is 2.69. The number of nitrogens with one attached hydrogen (secondary N) is 1. The Kier molecular flexibility index (Phi) is 5.45. The zero-order chi connectivity index (χ0) is 19.4. The van der Waals surface area contributed by atoms with Crippen molar-refractivity contribution in [1.29, 1.82) is 0 Å². The third-order valence-electron chi connectivity index (χ3n) is 4.33. The number of anilines is 1. The molecule has 1 aliphatic rings. The number of carbonyl (C=O) groups excluding carboxylic acids is 2. The van der Waals surface area contributed by atoms with Crippen LogP contribution in [0.3, 0.4) is 0 Å². The fourth-order valence-corrected chi connectivity index (χ4v) is 2.69. The monoisotopic (exact) mass is 366 g/mol. The molecular weight excluding hydrogens is 344 g/mol. The lowest BCUT2D eigenvalue weighted by molar-refractivity contribution is -0.117. The summed E-state index contributed by atoms with van der Waals surface area (Å²) in [6, 6.07) is 14.3. The van der Waals surface area contributed by atoms with Crippen molar-refractivity contribution in [2.75, 3.05) is 12.1 Å². The summed E-state index contributed by atoms with van der Waals surface area (Å²) < 4.78 is 11.4. The van der Waals surface area contributed by atoms with Crippen LogP contribution in [0.2, 0.25) is 0 Å². The Morgan fingerprint density at radius 3 is 2.52 bits per heavy atom. The predicted octanol–water partition coefficient (Wildman–Crippen LogP) is 3.33. The maximum Gasteiger partial charge on any atom is 0.282 e. The van der Waals surface area contributed by atoms with E-state index in [9.17, 15) is 9.59 Å². The number of amides is 2. The molecule has 1 N–H and O–H groups in total. The van der Waals surface area contributed by atoms with Gasteiger partial charge < -0.3 is 9.47 Å². The van der Waals surface area contributed by atoms with Crippen LogP contribution in [0, 0.1) is 0 Å². The maximum atomic E-state index is 12.8. The number of ether oxygens (including phenoxy) is 2.